The zero-order valence-electron chi connectivity index (χ0n) is 14.4. The first-order valence-corrected chi connectivity index (χ1v) is 8.96. The van der Waals surface area contributed by atoms with Crippen molar-refractivity contribution in [1.29, 1.82) is 0 Å². The highest BCUT2D eigenvalue weighted by Crippen LogP contribution is 2.29. The van der Waals surface area contributed by atoms with Crippen LogP contribution in [0.25, 0.3) is 0 Å². The number of nitrogens with two attached hydrogens (primary N) is 1. The van der Waals surface area contributed by atoms with Gasteiger partial charge >= 0.3 is 5.97 Å². The molecule has 27 heavy (non-hydrogen) atoms. The molecular formula is C18H17Cl3N2O4. The highest BCUT2D eigenvalue weighted by atomic mass is 35.5. The Labute approximate surface area is 171 Å². The summed E-state index contributed by atoms with van der Waals surface area (Å²) in [5, 5.41) is 3.89. The first-order valence-electron chi connectivity index (χ1n) is 7.82. The molecule has 0 saturated heterocycles. The lowest BCUT2D eigenvalue weighted by atomic mass is 10.1. The van der Waals surface area contributed by atoms with E-state index < -0.39 is 18.5 Å². The number of amides is 1. The van der Waals surface area contributed by atoms with Crippen LogP contribution in [0.2, 0.25) is 15.1 Å². The second kappa shape index (κ2) is 9.69. The van der Waals surface area contributed by atoms with Gasteiger partial charge in [0.25, 0.3) is 5.91 Å². The number of halogens is 3. The second-order valence-corrected chi connectivity index (χ2v) is 6.74. The molecule has 2 aromatic carbocycles. The molecule has 9 heteroatoms. The van der Waals surface area contributed by atoms with Crippen LogP contribution in [-0.4, -0.2) is 32.1 Å². The third-order valence-corrected chi connectivity index (χ3v) is 4.52. The van der Waals surface area contributed by atoms with Crippen molar-refractivity contribution in [2.75, 3.05) is 26.0 Å². The Morgan fingerprint density at radius 2 is 1.85 bits per heavy atom. The fourth-order valence-electron chi connectivity index (χ4n) is 2.22. The van der Waals surface area contributed by atoms with Crippen molar-refractivity contribution in [2.24, 2.45) is 0 Å². The van der Waals surface area contributed by atoms with E-state index in [0.717, 1.165) is 5.56 Å². The van der Waals surface area contributed by atoms with E-state index in [0.29, 0.717) is 23.0 Å². The minimum atomic E-state index is -0.746. The van der Waals surface area contributed by atoms with E-state index in [9.17, 15) is 9.59 Å². The lowest BCUT2D eigenvalue weighted by Gasteiger charge is -2.11. The number of nitrogen functional groups attached to an aromatic ring is 1. The van der Waals surface area contributed by atoms with Crippen molar-refractivity contribution >= 4 is 52.4 Å². The van der Waals surface area contributed by atoms with Crippen LogP contribution in [0.5, 0.6) is 5.75 Å². The number of ether oxygens (including phenoxy) is 2. The van der Waals surface area contributed by atoms with Crippen molar-refractivity contribution in [3.8, 4) is 5.75 Å². The van der Waals surface area contributed by atoms with Crippen LogP contribution in [-0.2, 0) is 16.0 Å². The molecule has 0 atom stereocenters. The molecule has 0 bridgehead atoms. The maximum absolute atomic E-state index is 12.2. The van der Waals surface area contributed by atoms with Crippen molar-refractivity contribution < 1.29 is 19.1 Å². The van der Waals surface area contributed by atoms with E-state index in [1.54, 1.807) is 18.2 Å². The van der Waals surface area contributed by atoms with Crippen LogP contribution in [0.3, 0.4) is 0 Å². The highest BCUT2D eigenvalue weighted by molar-refractivity contribution is 6.35. The van der Waals surface area contributed by atoms with E-state index >= 15 is 0 Å². The highest BCUT2D eigenvalue weighted by Gasteiger charge is 2.17. The van der Waals surface area contributed by atoms with Crippen molar-refractivity contribution in [1.82, 2.24) is 5.32 Å². The predicted octanol–water partition coefficient (Wildman–Crippen LogP) is 3.75. The van der Waals surface area contributed by atoms with E-state index in [2.05, 4.69) is 5.32 Å². The summed E-state index contributed by atoms with van der Waals surface area (Å²) >= 11 is 17.8. The maximum Gasteiger partial charge on any atom is 0.342 e. The molecule has 144 valence electrons. The molecule has 0 unspecified atom stereocenters. The third-order valence-electron chi connectivity index (χ3n) is 3.60. The minimum absolute atomic E-state index is 0.0810. The molecule has 0 spiro atoms. The minimum Gasteiger partial charge on any atom is -0.496 e. The van der Waals surface area contributed by atoms with Crippen molar-refractivity contribution in [3.05, 3.63) is 56.5 Å². The Hall–Kier alpha value is -2.15. The van der Waals surface area contributed by atoms with Gasteiger partial charge < -0.3 is 20.5 Å². The van der Waals surface area contributed by atoms with Gasteiger partial charge in [0, 0.05) is 22.7 Å². The monoisotopic (exact) mass is 430 g/mol. The number of hydrogen-bond acceptors (Lipinski definition) is 5. The molecule has 0 fully saturated rings. The molecule has 3 N–H and O–H groups in total. The zero-order chi connectivity index (χ0) is 20.0. The first kappa shape index (κ1) is 21.2. The van der Waals surface area contributed by atoms with Gasteiger partial charge in [0.05, 0.1) is 17.8 Å². The number of nitrogens with one attached hydrogen (secondary N) is 1. The van der Waals surface area contributed by atoms with E-state index in [-0.39, 0.29) is 22.0 Å². The van der Waals surface area contributed by atoms with Crippen LogP contribution in [0.15, 0.2) is 30.3 Å². The average molecular weight is 432 g/mol. The lowest BCUT2D eigenvalue weighted by Crippen LogP contribution is -2.30. The quantitative estimate of drug-likeness (QED) is 0.514. The number of benzene rings is 2. The van der Waals surface area contributed by atoms with Gasteiger partial charge in [-0.05, 0) is 30.2 Å². The maximum atomic E-state index is 12.2. The summed E-state index contributed by atoms with van der Waals surface area (Å²) in [5.41, 5.74) is 6.86. The van der Waals surface area contributed by atoms with Crippen LogP contribution >= 0.6 is 34.8 Å². The molecule has 0 radical (unpaired) electrons. The number of anilines is 1. The molecule has 0 aliphatic carbocycles. The van der Waals surface area contributed by atoms with Gasteiger partial charge in [0.15, 0.2) is 6.61 Å². The summed E-state index contributed by atoms with van der Waals surface area (Å²) in [7, 11) is 1.38. The molecular weight excluding hydrogens is 415 g/mol. The number of carbonyl (C=O) groups is 2. The van der Waals surface area contributed by atoms with Gasteiger partial charge in [-0.15, -0.1) is 0 Å². The van der Waals surface area contributed by atoms with Crippen LogP contribution in [0, 0.1) is 0 Å². The fourth-order valence-corrected chi connectivity index (χ4v) is 2.89. The Bertz CT molecular complexity index is 859. The molecule has 0 aliphatic heterocycles. The topological polar surface area (TPSA) is 90.7 Å². The summed E-state index contributed by atoms with van der Waals surface area (Å²) in [6.07, 6.45) is 0.511. The lowest BCUT2D eigenvalue weighted by molar-refractivity contribution is -0.124. The van der Waals surface area contributed by atoms with Gasteiger partial charge in [0.1, 0.15) is 11.3 Å². The largest absolute Gasteiger partial charge is 0.496 e. The molecule has 1 amide bonds. The predicted molar refractivity (Wildman–Crippen MR) is 106 cm³/mol. The molecule has 0 aromatic heterocycles. The van der Waals surface area contributed by atoms with Crippen molar-refractivity contribution in [3.63, 3.8) is 0 Å². The Balaban J connectivity index is 1.85. The zero-order valence-corrected chi connectivity index (χ0v) is 16.6. The number of methoxy groups -OCH3 is 1. The Morgan fingerprint density at radius 1 is 1.11 bits per heavy atom. The summed E-state index contributed by atoms with van der Waals surface area (Å²) < 4.78 is 10.1. The van der Waals surface area contributed by atoms with Crippen molar-refractivity contribution in [2.45, 2.75) is 6.42 Å². The van der Waals surface area contributed by atoms with Gasteiger partial charge in [-0.1, -0.05) is 40.9 Å². The molecule has 0 heterocycles. The Morgan fingerprint density at radius 3 is 2.52 bits per heavy atom. The van der Waals surface area contributed by atoms with Crippen LogP contribution in [0.4, 0.5) is 5.69 Å². The fraction of sp³-hybridized carbons (Fsp3) is 0.222. The smallest absolute Gasteiger partial charge is 0.342 e. The van der Waals surface area contributed by atoms with E-state index in [1.165, 1.54) is 19.2 Å². The Kier molecular flexibility index (Phi) is 7.59. The first-order chi connectivity index (χ1) is 12.8. The van der Waals surface area contributed by atoms with E-state index in [1.807, 2.05) is 0 Å². The van der Waals surface area contributed by atoms with Crippen LogP contribution in [0.1, 0.15) is 15.9 Å². The normalized spacial score (nSPS) is 10.4. The number of rotatable bonds is 7. The van der Waals surface area contributed by atoms with E-state index in [4.69, 9.17) is 50.0 Å². The summed E-state index contributed by atoms with van der Waals surface area (Å²) in [6, 6.07) is 7.88. The van der Waals surface area contributed by atoms with Gasteiger partial charge in [-0.2, -0.15) is 0 Å². The molecule has 2 rings (SSSR count). The molecule has 0 saturated carbocycles. The number of carbonyl (C=O) groups excluding carboxylic acids is 2. The standard InChI is InChI=1S/C18H17Cl3N2O4/c1-26-16-8-15(22)14(21)7-12(16)18(25)27-9-17(24)23-5-4-10-2-3-11(19)6-13(10)20/h2-3,6-8H,4-5,9,22H2,1H3,(H,23,24). The van der Waals surface area contributed by atoms with Crippen LogP contribution < -0.4 is 15.8 Å². The molecule has 6 nitrogen and oxygen atoms in total. The molecule has 0 aliphatic rings. The third kappa shape index (κ3) is 5.92. The molecule has 2 aromatic rings. The van der Waals surface area contributed by atoms with Gasteiger partial charge in [-0.25, -0.2) is 4.79 Å². The SMILES string of the molecule is COc1cc(N)c(Cl)cc1C(=O)OCC(=O)NCCc1ccc(Cl)cc1Cl. The van der Waals surface area contributed by atoms with Gasteiger partial charge in [0.2, 0.25) is 0 Å². The number of hydrogen-bond donors (Lipinski definition) is 2. The van der Waals surface area contributed by atoms with Gasteiger partial charge in [-0.3, -0.25) is 4.79 Å². The number of esters is 1. The summed E-state index contributed by atoms with van der Waals surface area (Å²) in [5.74, 6) is -0.988. The summed E-state index contributed by atoms with van der Waals surface area (Å²) in [4.78, 5) is 24.0. The second-order valence-electron chi connectivity index (χ2n) is 5.49. The summed E-state index contributed by atoms with van der Waals surface area (Å²) in [6.45, 7) is -0.118. The average Bonchev–Trinajstić information content (AvgIpc) is 2.63.